The van der Waals surface area contributed by atoms with Gasteiger partial charge in [0.05, 0.1) is 6.61 Å². The molecule has 1 aromatic carbocycles. The minimum atomic E-state index is 0.535. The molecule has 0 aliphatic carbocycles. The number of nitrogens with zero attached hydrogens (tertiary/aromatic N) is 1. The summed E-state index contributed by atoms with van der Waals surface area (Å²) in [6.45, 7) is 3.44. The van der Waals surface area contributed by atoms with E-state index < -0.39 is 0 Å². The van der Waals surface area contributed by atoms with Crippen molar-refractivity contribution >= 4 is 0 Å². The molecule has 3 heteroatoms. The molecule has 0 saturated carbocycles. The Labute approximate surface area is 114 Å². The first-order valence-corrected chi connectivity index (χ1v) is 6.71. The second kappa shape index (κ2) is 6.90. The number of benzene rings is 1. The van der Waals surface area contributed by atoms with E-state index in [0.717, 1.165) is 41.9 Å². The van der Waals surface area contributed by atoms with Crippen molar-refractivity contribution in [1.82, 2.24) is 4.98 Å². The molecule has 0 fully saturated rings. The lowest BCUT2D eigenvalue weighted by Gasteiger charge is -2.13. The average molecular weight is 256 g/mol. The van der Waals surface area contributed by atoms with Crippen molar-refractivity contribution < 1.29 is 4.74 Å². The van der Waals surface area contributed by atoms with Gasteiger partial charge in [0, 0.05) is 24.5 Å². The predicted octanol–water partition coefficient (Wildman–Crippen LogP) is 3.39. The van der Waals surface area contributed by atoms with E-state index in [1.165, 1.54) is 0 Å². The standard InChI is InChI=1S/C16H20N2O/c1-2-3-10-19-16-5-4-13(12-17)11-15(16)14-6-8-18-9-7-14/h4-9,11H,2-3,10,12,17H2,1H3. The lowest BCUT2D eigenvalue weighted by molar-refractivity contribution is 0.310. The van der Waals surface area contributed by atoms with Crippen LogP contribution in [-0.2, 0) is 6.54 Å². The lowest BCUT2D eigenvalue weighted by atomic mass is 10.0. The fourth-order valence-electron chi connectivity index (χ4n) is 1.91. The van der Waals surface area contributed by atoms with Crippen LogP contribution in [0.4, 0.5) is 0 Å². The number of hydrogen-bond acceptors (Lipinski definition) is 3. The largest absolute Gasteiger partial charge is 0.493 e. The number of ether oxygens (including phenoxy) is 1. The predicted molar refractivity (Wildman–Crippen MR) is 78.0 cm³/mol. The van der Waals surface area contributed by atoms with Gasteiger partial charge in [-0.1, -0.05) is 19.4 Å². The van der Waals surface area contributed by atoms with Crippen molar-refractivity contribution in [2.24, 2.45) is 5.73 Å². The van der Waals surface area contributed by atoms with Crippen molar-refractivity contribution in [3.8, 4) is 16.9 Å². The smallest absolute Gasteiger partial charge is 0.127 e. The summed E-state index contributed by atoms with van der Waals surface area (Å²) in [6, 6.07) is 10.1. The quantitative estimate of drug-likeness (QED) is 0.806. The second-order valence-corrected chi connectivity index (χ2v) is 4.47. The molecule has 0 atom stereocenters. The highest BCUT2D eigenvalue weighted by Gasteiger charge is 2.07. The second-order valence-electron chi connectivity index (χ2n) is 4.47. The normalized spacial score (nSPS) is 10.4. The molecule has 3 nitrogen and oxygen atoms in total. The Balaban J connectivity index is 2.32. The fraction of sp³-hybridized carbons (Fsp3) is 0.312. The van der Waals surface area contributed by atoms with Crippen LogP contribution in [0.3, 0.4) is 0 Å². The van der Waals surface area contributed by atoms with Gasteiger partial charge in [-0.05, 0) is 41.8 Å². The first kappa shape index (κ1) is 13.6. The molecule has 1 heterocycles. The Morgan fingerprint density at radius 1 is 1.16 bits per heavy atom. The van der Waals surface area contributed by atoms with Crippen LogP contribution in [0.1, 0.15) is 25.3 Å². The van der Waals surface area contributed by atoms with Crippen LogP contribution >= 0.6 is 0 Å². The first-order valence-electron chi connectivity index (χ1n) is 6.71. The van der Waals surface area contributed by atoms with Crippen molar-refractivity contribution in [1.29, 1.82) is 0 Å². The third-order valence-corrected chi connectivity index (χ3v) is 3.03. The van der Waals surface area contributed by atoms with Crippen LogP contribution in [0.15, 0.2) is 42.7 Å². The van der Waals surface area contributed by atoms with E-state index in [1.54, 1.807) is 12.4 Å². The fourth-order valence-corrected chi connectivity index (χ4v) is 1.91. The molecule has 100 valence electrons. The summed E-state index contributed by atoms with van der Waals surface area (Å²) in [5.41, 5.74) is 9.01. The van der Waals surface area contributed by atoms with Crippen molar-refractivity contribution in [3.05, 3.63) is 48.3 Å². The SMILES string of the molecule is CCCCOc1ccc(CN)cc1-c1ccncc1. The van der Waals surface area contributed by atoms with Gasteiger partial charge >= 0.3 is 0 Å². The topological polar surface area (TPSA) is 48.1 Å². The van der Waals surface area contributed by atoms with Gasteiger partial charge in [0.1, 0.15) is 5.75 Å². The van der Waals surface area contributed by atoms with Crippen LogP contribution in [0.2, 0.25) is 0 Å². The molecule has 2 aromatic rings. The molecule has 0 aliphatic rings. The highest BCUT2D eigenvalue weighted by atomic mass is 16.5. The Morgan fingerprint density at radius 3 is 2.63 bits per heavy atom. The number of rotatable bonds is 6. The Morgan fingerprint density at radius 2 is 1.95 bits per heavy atom. The molecule has 0 saturated heterocycles. The third kappa shape index (κ3) is 3.55. The number of unbranched alkanes of at least 4 members (excludes halogenated alkanes) is 1. The van der Waals surface area contributed by atoms with Crippen LogP contribution < -0.4 is 10.5 Å². The molecule has 19 heavy (non-hydrogen) atoms. The van der Waals surface area contributed by atoms with Gasteiger partial charge in [-0.3, -0.25) is 4.98 Å². The highest BCUT2D eigenvalue weighted by Crippen LogP contribution is 2.30. The van der Waals surface area contributed by atoms with Crippen molar-refractivity contribution in [2.45, 2.75) is 26.3 Å². The minimum Gasteiger partial charge on any atom is -0.493 e. The van der Waals surface area contributed by atoms with Crippen molar-refractivity contribution in [3.63, 3.8) is 0 Å². The minimum absolute atomic E-state index is 0.535. The number of aromatic nitrogens is 1. The molecule has 2 rings (SSSR count). The average Bonchev–Trinajstić information content (AvgIpc) is 2.48. The maximum absolute atomic E-state index is 5.87. The van der Waals surface area contributed by atoms with Crippen LogP contribution in [0.25, 0.3) is 11.1 Å². The van der Waals surface area contributed by atoms with E-state index in [9.17, 15) is 0 Å². The summed E-state index contributed by atoms with van der Waals surface area (Å²) in [7, 11) is 0. The monoisotopic (exact) mass is 256 g/mol. The van der Waals surface area contributed by atoms with Gasteiger partial charge in [0.2, 0.25) is 0 Å². The van der Waals surface area contributed by atoms with E-state index in [0.29, 0.717) is 6.54 Å². The lowest BCUT2D eigenvalue weighted by Crippen LogP contribution is -2.01. The molecule has 0 bridgehead atoms. The van der Waals surface area contributed by atoms with E-state index >= 15 is 0 Å². The number of nitrogens with two attached hydrogens (primary N) is 1. The van der Waals surface area contributed by atoms with Gasteiger partial charge in [-0.2, -0.15) is 0 Å². The summed E-state index contributed by atoms with van der Waals surface area (Å²) in [4.78, 5) is 4.05. The Kier molecular flexibility index (Phi) is 4.93. The molecule has 0 unspecified atom stereocenters. The molecular weight excluding hydrogens is 236 g/mol. The summed E-state index contributed by atoms with van der Waals surface area (Å²) < 4.78 is 5.87. The van der Waals surface area contributed by atoms with Crippen LogP contribution in [-0.4, -0.2) is 11.6 Å². The van der Waals surface area contributed by atoms with Gasteiger partial charge in [0.15, 0.2) is 0 Å². The Hall–Kier alpha value is -1.87. The number of pyridine rings is 1. The molecule has 0 radical (unpaired) electrons. The van der Waals surface area contributed by atoms with E-state index in [1.807, 2.05) is 24.3 Å². The van der Waals surface area contributed by atoms with E-state index in [2.05, 4.69) is 18.0 Å². The summed E-state index contributed by atoms with van der Waals surface area (Å²) in [5, 5.41) is 0. The molecular formula is C16H20N2O. The van der Waals surface area contributed by atoms with Gasteiger partial charge in [-0.25, -0.2) is 0 Å². The number of hydrogen-bond donors (Lipinski definition) is 1. The summed E-state index contributed by atoms with van der Waals surface area (Å²) in [5.74, 6) is 0.914. The first-order chi connectivity index (χ1) is 9.35. The maximum Gasteiger partial charge on any atom is 0.127 e. The molecule has 0 aliphatic heterocycles. The third-order valence-electron chi connectivity index (χ3n) is 3.03. The zero-order valence-corrected chi connectivity index (χ0v) is 11.3. The van der Waals surface area contributed by atoms with Crippen LogP contribution in [0, 0.1) is 0 Å². The van der Waals surface area contributed by atoms with E-state index in [-0.39, 0.29) is 0 Å². The van der Waals surface area contributed by atoms with Crippen LogP contribution in [0.5, 0.6) is 5.75 Å². The molecule has 0 spiro atoms. The zero-order valence-electron chi connectivity index (χ0n) is 11.3. The van der Waals surface area contributed by atoms with E-state index in [4.69, 9.17) is 10.5 Å². The van der Waals surface area contributed by atoms with Gasteiger partial charge in [-0.15, -0.1) is 0 Å². The zero-order chi connectivity index (χ0) is 13.5. The summed E-state index contributed by atoms with van der Waals surface area (Å²) >= 11 is 0. The summed E-state index contributed by atoms with van der Waals surface area (Å²) in [6.07, 6.45) is 5.78. The molecule has 1 aromatic heterocycles. The Bertz CT molecular complexity index is 511. The molecule has 2 N–H and O–H groups in total. The highest BCUT2D eigenvalue weighted by molar-refractivity contribution is 5.70. The maximum atomic E-state index is 5.87. The van der Waals surface area contributed by atoms with Crippen molar-refractivity contribution in [2.75, 3.05) is 6.61 Å². The van der Waals surface area contributed by atoms with Gasteiger partial charge < -0.3 is 10.5 Å². The molecule has 0 amide bonds. The van der Waals surface area contributed by atoms with Gasteiger partial charge in [0.25, 0.3) is 0 Å².